The first-order valence-corrected chi connectivity index (χ1v) is 6.12. The van der Waals surface area contributed by atoms with E-state index in [-0.39, 0.29) is 5.91 Å². The van der Waals surface area contributed by atoms with E-state index in [1.54, 1.807) is 6.20 Å². The second-order valence-electron chi connectivity index (χ2n) is 4.89. The molecule has 17 heavy (non-hydrogen) atoms. The number of nitrogens with one attached hydrogen (secondary N) is 1. The molecule has 0 unspecified atom stereocenters. The van der Waals surface area contributed by atoms with E-state index in [4.69, 9.17) is 5.73 Å². The van der Waals surface area contributed by atoms with E-state index < -0.39 is 0 Å². The monoisotopic (exact) mass is 236 g/mol. The third kappa shape index (κ3) is 2.49. The van der Waals surface area contributed by atoms with Crippen molar-refractivity contribution in [2.24, 2.45) is 5.73 Å². The van der Waals surface area contributed by atoms with E-state index in [0.717, 1.165) is 31.4 Å². The number of amides is 1. The maximum Gasteiger partial charge on any atom is 0.257 e. The molecule has 0 atom stereocenters. The number of hydrogen-bond donors (Lipinski definition) is 2. The maximum absolute atomic E-state index is 12.2. The van der Waals surface area contributed by atoms with Gasteiger partial charge in [-0.25, -0.2) is 0 Å². The third-order valence-corrected chi connectivity index (χ3v) is 3.67. The average molecular weight is 236 g/mol. The zero-order valence-corrected chi connectivity index (χ0v) is 10.4. The second-order valence-corrected chi connectivity index (χ2v) is 4.89. The summed E-state index contributed by atoms with van der Waals surface area (Å²) in [7, 11) is 1.87. The maximum atomic E-state index is 12.2. The molecule has 2 rings (SSSR count). The minimum atomic E-state index is 0.0525. The second kappa shape index (κ2) is 4.87. The lowest BCUT2D eigenvalue weighted by molar-refractivity contribution is 0.0689. The van der Waals surface area contributed by atoms with Gasteiger partial charge in [0.05, 0.1) is 11.8 Å². The van der Waals surface area contributed by atoms with Gasteiger partial charge in [0, 0.05) is 24.8 Å². The Bertz CT molecular complexity index is 393. The van der Waals surface area contributed by atoms with Crippen LogP contribution in [-0.4, -0.2) is 40.1 Å². The molecular formula is C12H20N4O. The fraction of sp³-hybridized carbons (Fsp3) is 0.667. The van der Waals surface area contributed by atoms with E-state index in [1.807, 2.05) is 18.9 Å². The number of aromatic nitrogens is 2. The van der Waals surface area contributed by atoms with Crippen molar-refractivity contribution in [3.05, 3.63) is 17.5 Å². The molecule has 0 saturated heterocycles. The van der Waals surface area contributed by atoms with Crippen molar-refractivity contribution in [2.75, 3.05) is 7.05 Å². The van der Waals surface area contributed by atoms with E-state index in [1.165, 1.54) is 0 Å². The minimum absolute atomic E-state index is 0.0525. The molecular weight excluding hydrogens is 216 g/mol. The van der Waals surface area contributed by atoms with Crippen LogP contribution in [0.2, 0.25) is 0 Å². The first-order chi connectivity index (χ1) is 8.09. The van der Waals surface area contributed by atoms with Gasteiger partial charge in [-0.15, -0.1) is 0 Å². The number of nitrogens with zero attached hydrogens (tertiary/aromatic N) is 2. The van der Waals surface area contributed by atoms with Gasteiger partial charge in [-0.2, -0.15) is 5.10 Å². The molecule has 1 heterocycles. The fourth-order valence-corrected chi connectivity index (χ4v) is 2.41. The van der Waals surface area contributed by atoms with Crippen LogP contribution in [0.3, 0.4) is 0 Å². The Morgan fingerprint density at radius 3 is 2.65 bits per heavy atom. The largest absolute Gasteiger partial charge is 0.339 e. The zero-order valence-electron chi connectivity index (χ0n) is 10.4. The highest BCUT2D eigenvalue weighted by Crippen LogP contribution is 2.22. The molecule has 0 bridgehead atoms. The zero-order chi connectivity index (χ0) is 12.4. The highest BCUT2D eigenvalue weighted by Gasteiger charge is 2.26. The molecule has 5 nitrogen and oxygen atoms in total. The summed E-state index contributed by atoms with van der Waals surface area (Å²) in [6.07, 6.45) is 5.61. The first kappa shape index (κ1) is 12.1. The van der Waals surface area contributed by atoms with Crippen LogP contribution in [0.25, 0.3) is 0 Å². The van der Waals surface area contributed by atoms with Gasteiger partial charge in [0.1, 0.15) is 0 Å². The molecule has 94 valence electrons. The summed E-state index contributed by atoms with van der Waals surface area (Å²) in [5.74, 6) is 0.0525. The Hall–Kier alpha value is -1.36. The van der Waals surface area contributed by atoms with Crippen molar-refractivity contribution in [2.45, 2.75) is 44.7 Å². The molecule has 0 aliphatic heterocycles. The fourth-order valence-electron chi connectivity index (χ4n) is 2.41. The Morgan fingerprint density at radius 1 is 1.47 bits per heavy atom. The normalized spacial score (nSPS) is 24.6. The van der Waals surface area contributed by atoms with Crippen LogP contribution in [0, 0.1) is 6.92 Å². The topological polar surface area (TPSA) is 75.0 Å². The Labute approximate surface area is 101 Å². The SMILES string of the molecule is Cc1[nH]ncc1C(=O)N(C)C1CCC(N)CC1. The van der Waals surface area contributed by atoms with Gasteiger partial charge >= 0.3 is 0 Å². The molecule has 0 aromatic carbocycles. The van der Waals surface area contributed by atoms with Crippen molar-refractivity contribution < 1.29 is 4.79 Å². The molecule has 1 saturated carbocycles. The minimum Gasteiger partial charge on any atom is -0.339 e. The molecule has 1 aliphatic carbocycles. The van der Waals surface area contributed by atoms with Crippen molar-refractivity contribution in [1.82, 2.24) is 15.1 Å². The number of carbonyl (C=O) groups is 1. The predicted octanol–water partition coefficient (Wildman–Crippen LogP) is 1.06. The number of hydrogen-bond acceptors (Lipinski definition) is 3. The van der Waals surface area contributed by atoms with Crippen molar-refractivity contribution in [3.63, 3.8) is 0 Å². The van der Waals surface area contributed by atoms with Crippen molar-refractivity contribution >= 4 is 5.91 Å². The van der Waals surface area contributed by atoms with Crippen molar-refractivity contribution in [1.29, 1.82) is 0 Å². The molecule has 1 aromatic heterocycles. The Balaban J connectivity index is 2.03. The van der Waals surface area contributed by atoms with E-state index in [9.17, 15) is 4.79 Å². The van der Waals surface area contributed by atoms with Crippen LogP contribution in [0.1, 0.15) is 41.7 Å². The third-order valence-electron chi connectivity index (χ3n) is 3.67. The number of rotatable bonds is 2. The molecule has 1 amide bonds. The molecule has 3 N–H and O–H groups in total. The summed E-state index contributed by atoms with van der Waals surface area (Å²) >= 11 is 0. The molecule has 5 heteroatoms. The van der Waals surface area contributed by atoms with Crippen LogP contribution in [0.5, 0.6) is 0 Å². The lowest BCUT2D eigenvalue weighted by atomic mass is 9.91. The summed E-state index contributed by atoms with van der Waals surface area (Å²) in [6, 6.07) is 0.627. The molecule has 0 spiro atoms. The number of carbonyl (C=O) groups excluding carboxylic acids is 1. The quantitative estimate of drug-likeness (QED) is 0.806. The van der Waals surface area contributed by atoms with Gasteiger partial charge in [-0.05, 0) is 32.6 Å². The summed E-state index contributed by atoms with van der Waals surface area (Å²) in [4.78, 5) is 14.1. The van der Waals surface area contributed by atoms with Gasteiger partial charge < -0.3 is 10.6 Å². The number of nitrogens with two attached hydrogens (primary N) is 1. The summed E-state index contributed by atoms with van der Waals surface area (Å²) in [5.41, 5.74) is 7.37. The lowest BCUT2D eigenvalue weighted by Crippen LogP contribution is -2.41. The standard InChI is InChI=1S/C12H20N4O/c1-8-11(7-14-15-8)12(17)16(2)10-5-3-9(13)4-6-10/h7,9-10H,3-6,13H2,1-2H3,(H,14,15). The van der Waals surface area contributed by atoms with Crippen molar-refractivity contribution in [3.8, 4) is 0 Å². The Morgan fingerprint density at radius 2 is 2.12 bits per heavy atom. The predicted molar refractivity (Wildman–Crippen MR) is 65.6 cm³/mol. The Kier molecular flexibility index (Phi) is 3.47. The molecule has 1 aliphatic rings. The van der Waals surface area contributed by atoms with Gasteiger partial charge in [-0.1, -0.05) is 0 Å². The first-order valence-electron chi connectivity index (χ1n) is 6.12. The number of H-pyrrole nitrogens is 1. The number of aromatic amines is 1. The van der Waals surface area contributed by atoms with E-state index >= 15 is 0 Å². The van der Waals surface area contributed by atoms with E-state index in [0.29, 0.717) is 17.6 Å². The van der Waals surface area contributed by atoms with Crippen LogP contribution in [0.15, 0.2) is 6.20 Å². The summed E-state index contributed by atoms with van der Waals surface area (Å²) < 4.78 is 0. The molecule has 0 radical (unpaired) electrons. The highest BCUT2D eigenvalue weighted by atomic mass is 16.2. The van der Waals surface area contributed by atoms with Gasteiger partial charge in [-0.3, -0.25) is 9.89 Å². The number of aryl methyl sites for hydroxylation is 1. The van der Waals surface area contributed by atoms with Gasteiger partial charge in [0.2, 0.25) is 0 Å². The van der Waals surface area contributed by atoms with Crippen LogP contribution < -0.4 is 5.73 Å². The average Bonchev–Trinajstić information content (AvgIpc) is 2.74. The lowest BCUT2D eigenvalue weighted by Gasteiger charge is -2.33. The summed E-state index contributed by atoms with van der Waals surface area (Å²) in [6.45, 7) is 1.87. The summed E-state index contributed by atoms with van der Waals surface area (Å²) in [5, 5.41) is 6.69. The van der Waals surface area contributed by atoms with Crippen LogP contribution in [0.4, 0.5) is 0 Å². The molecule has 1 aromatic rings. The van der Waals surface area contributed by atoms with Gasteiger partial charge in [0.25, 0.3) is 5.91 Å². The highest BCUT2D eigenvalue weighted by molar-refractivity contribution is 5.95. The molecule has 1 fully saturated rings. The van der Waals surface area contributed by atoms with Crippen LogP contribution >= 0.6 is 0 Å². The smallest absolute Gasteiger partial charge is 0.257 e. The van der Waals surface area contributed by atoms with Crippen LogP contribution in [-0.2, 0) is 0 Å². The van der Waals surface area contributed by atoms with Gasteiger partial charge in [0.15, 0.2) is 0 Å². The van der Waals surface area contributed by atoms with E-state index in [2.05, 4.69) is 10.2 Å².